The Labute approximate surface area is 174 Å². The zero-order valence-electron chi connectivity index (χ0n) is 16.3. The standard InChI is InChI=1S/C19H32N4O2.HI/c1-5-20-17(21-13-9-12-16-10-7-6-8-11-16)22-14-15-23-18(24)25-19(2,3)4;/h6-8,10-11H,5,9,12-15H2,1-4H3,(H,23,24)(H2,20,21,22);1H. The van der Waals surface area contributed by atoms with E-state index in [2.05, 4.69) is 45.2 Å². The van der Waals surface area contributed by atoms with Crippen LogP contribution in [-0.4, -0.2) is 43.8 Å². The Kier molecular flexibility index (Phi) is 12.9. The van der Waals surface area contributed by atoms with Crippen molar-refractivity contribution < 1.29 is 9.53 Å². The second-order valence-electron chi connectivity index (χ2n) is 6.71. The van der Waals surface area contributed by atoms with Gasteiger partial charge in [0.25, 0.3) is 0 Å². The van der Waals surface area contributed by atoms with Crippen LogP contribution in [0.2, 0.25) is 0 Å². The number of aryl methyl sites for hydroxylation is 1. The number of halogens is 1. The molecule has 1 aromatic rings. The summed E-state index contributed by atoms with van der Waals surface area (Å²) < 4.78 is 5.19. The highest BCUT2D eigenvalue weighted by molar-refractivity contribution is 14.0. The molecule has 0 spiro atoms. The first-order valence-electron chi connectivity index (χ1n) is 8.93. The van der Waals surface area contributed by atoms with Gasteiger partial charge in [0.2, 0.25) is 0 Å². The fraction of sp³-hybridized carbons (Fsp3) is 0.579. The highest BCUT2D eigenvalue weighted by atomic mass is 127. The average Bonchev–Trinajstić information content (AvgIpc) is 2.54. The van der Waals surface area contributed by atoms with E-state index in [9.17, 15) is 4.79 Å². The van der Waals surface area contributed by atoms with Gasteiger partial charge < -0.3 is 20.7 Å². The van der Waals surface area contributed by atoms with Crippen LogP contribution in [-0.2, 0) is 11.2 Å². The zero-order valence-corrected chi connectivity index (χ0v) is 18.6. The number of guanidine groups is 1. The first-order valence-corrected chi connectivity index (χ1v) is 8.93. The van der Waals surface area contributed by atoms with E-state index in [-0.39, 0.29) is 24.0 Å². The van der Waals surface area contributed by atoms with Gasteiger partial charge in [-0.3, -0.25) is 4.99 Å². The molecule has 0 aliphatic carbocycles. The van der Waals surface area contributed by atoms with Crippen LogP contribution in [0.3, 0.4) is 0 Å². The van der Waals surface area contributed by atoms with Crippen molar-refractivity contribution in [2.45, 2.75) is 46.1 Å². The van der Waals surface area contributed by atoms with Crippen molar-refractivity contribution >= 4 is 36.0 Å². The topological polar surface area (TPSA) is 74.8 Å². The van der Waals surface area contributed by atoms with Gasteiger partial charge in [-0.15, -0.1) is 24.0 Å². The molecule has 0 aliphatic rings. The second-order valence-corrected chi connectivity index (χ2v) is 6.71. The quantitative estimate of drug-likeness (QED) is 0.233. The van der Waals surface area contributed by atoms with Crippen LogP contribution in [0.4, 0.5) is 4.79 Å². The normalized spacial score (nSPS) is 11.3. The maximum absolute atomic E-state index is 11.6. The SMILES string of the molecule is CCNC(=NCCCc1ccccc1)NCCNC(=O)OC(C)(C)C.I. The number of aliphatic imine (C=N–C) groups is 1. The molecule has 3 N–H and O–H groups in total. The lowest BCUT2D eigenvalue weighted by Gasteiger charge is -2.19. The van der Waals surface area contributed by atoms with Gasteiger partial charge in [-0.25, -0.2) is 4.79 Å². The van der Waals surface area contributed by atoms with Crippen molar-refractivity contribution in [3.05, 3.63) is 35.9 Å². The van der Waals surface area contributed by atoms with E-state index in [0.717, 1.165) is 31.9 Å². The van der Waals surface area contributed by atoms with Gasteiger partial charge >= 0.3 is 6.09 Å². The minimum atomic E-state index is -0.480. The number of rotatable bonds is 8. The maximum atomic E-state index is 11.6. The molecule has 6 nitrogen and oxygen atoms in total. The lowest BCUT2D eigenvalue weighted by atomic mass is 10.1. The highest BCUT2D eigenvalue weighted by Crippen LogP contribution is 2.06. The fourth-order valence-corrected chi connectivity index (χ4v) is 2.12. The Morgan fingerprint density at radius 1 is 1.08 bits per heavy atom. The van der Waals surface area contributed by atoms with Gasteiger partial charge in [-0.05, 0) is 46.1 Å². The molecule has 0 aromatic heterocycles. The summed E-state index contributed by atoms with van der Waals surface area (Å²) >= 11 is 0. The lowest BCUT2D eigenvalue weighted by Crippen LogP contribution is -2.42. The first-order chi connectivity index (χ1) is 11.9. The Balaban J connectivity index is 0.00000625. The van der Waals surface area contributed by atoms with Crippen LogP contribution in [0.25, 0.3) is 0 Å². The number of carbonyl (C=O) groups is 1. The summed E-state index contributed by atoms with van der Waals surface area (Å²) in [6, 6.07) is 10.4. The van der Waals surface area contributed by atoms with Crippen LogP contribution in [0.1, 0.15) is 39.7 Å². The fourth-order valence-electron chi connectivity index (χ4n) is 2.12. The van der Waals surface area contributed by atoms with Gasteiger partial charge in [-0.2, -0.15) is 0 Å². The van der Waals surface area contributed by atoms with Crippen LogP contribution in [0.5, 0.6) is 0 Å². The molecular formula is C19H33IN4O2. The number of hydrogen-bond acceptors (Lipinski definition) is 3. The molecule has 1 rings (SSSR count). The zero-order chi connectivity index (χ0) is 18.5. The van der Waals surface area contributed by atoms with Crippen molar-refractivity contribution in [1.82, 2.24) is 16.0 Å². The molecule has 0 radical (unpaired) electrons. The summed E-state index contributed by atoms with van der Waals surface area (Å²) in [7, 11) is 0. The number of ether oxygens (including phenoxy) is 1. The predicted octanol–water partition coefficient (Wildman–Crippen LogP) is 3.32. The third-order valence-corrected chi connectivity index (χ3v) is 3.17. The first kappa shape index (κ1) is 24.5. The smallest absolute Gasteiger partial charge is 0.407 e. The van der Waals surface area contributed by atoms with Crippen molar-refractivity contribution in [3.63, 3.8) is 0 Å². The molecule has 1 amide bonds. The molecule has 0 unspecified atom stereocenters. The molecule has 0 heterocycles. The van der Waals surface area contributed by atoms with Crippen molar-refractivity contribution in [3.8, 4) is 0 Å². The summed E-state index contributed by atoms with van der Waals surface area (Å²) in [4.78, 5) is 16.1. The summed E-state index contributed by atoms with van der Waals surface area (Å²) in [6.45, 7) is 10.2. The van der Waals surface area contributed by atoms with Gasteiger partial charge in [0.1, 0.15) is 5.60 Å². The molecule has 1 aromatic carbocycles. The van der Waals surface area contributed by atoms with E-state index in [4.69, 9.17) is 4.74 Å². The van der Waals surface area contributed by atoms with Crippen molar-refractivity contribution in [1.29, 1.82) is 0 Å². The van der Waals surface area contributed by atoms with E-state index >= 15 is 0 Å². The lowest BCUT2D eigenvalue weighted by molar-refractivity contribution is 0.0529. The van der Waals surface area contributed by atoms with Crippen LogP contribution < -0.4 is 16.0 Å². The number of hydrogen-bond donors (Lipinski definition) is 3. The third kappa shape index (κ3) is 12.8. The molecule has 0 saturated heterocycles. The minimum Gasteiger partial charge on any atom is -0.444 e. The number of benzene rings is 1. The van der Waals surface area contributed by atoms with E-state index in [1.165, 1.54) is 5.56 Å². The van der Waals surface area contributed by atoms with E-state index in [0.29, 0.717) is 13.1 Å². The van der Waals surface area contributed by atoms with Gasteiger partial charge in [-0.1, -0.05) is 30.3 Å². The molecular weight excluding hydrogens is 443 g/mol. The largest absolute Gasteiger partial charge is 0.444 e. The summed E-state index contributed by atoms with van der Waals surface area (Å²) in [5, 5.41) is 9.13. The molecule has 26 heavy (non-hydrogen) atoms. The number of amides is 1. The van der Waals surface area contributed by atoms with E-state index in [1.807, 2.05) is 33.8 Å². The van der Waals surface area contributed by atoms with Crippen molar-refractivity contribution in [2.24, 2.45) is 4.99 Å². The molecule has 0 fully saturated rings. The monoisotopic (exact) mass is 476 g/mol. The van der Waals surface area contributed by atoms with Crippen LogP contribution >= 0.6 is 24.0 Å². The minimum absolute atomic E-state index is 0. The molecule has 148 valence electrons. The summed E-state index contributed by atoms with van der Waals surface area (Å²) in [5.41, 5.74) is 0.851. The highest BCUT2D eigenvalue weighted by Gasteiger charge is 2.15. The Morgan fingerprint density at radius 3 is 2.35 bits per heavy atom. The van der Waals surface area contributed by atoms with Gasteiger partial charge in [0.05, 0.1) is 0 Å². The molecule has 0 atom stereocenters. The molecule has 0 bridgehead atoms. The number of nitrogens with one attached hydrogen (secondary N) is 3. The molecule has 0 saturated carbocycles. The summed E-state index contributed by atoms with van der Waals surface area (Å²) in [5.74, 6) is 0.765. The molecule has 0 aliphatic heterocycles. The average molecular weight is 476 g/mol. The number of alkyl carbamates (subject to hydrolysis) is 1. The molecule has 7 heteroatoms. The summed E-state index contributed by atoms with van der Waals surface area (Å²) in [6.07, 6.45) is 1.61. The third-order valence-electron chi connectivity index (χ3n) is 3.17. The van der Waals surface area contributed by atoms with Crippen LogP contribution in [0.15, 0.2) is 35.3 Å². The Hall–Kier alpha value is -1.51. The second kappa shape index (κ2) is 13.7. The van der Waals surface area contributed by atoms with Crippen molar-refractivity contribution in [2.75, 3.05) is 26.2 Å². The van der Waals surface area contributed by atoms with E-state index in [1.54, 1.807) is 0 Å². The number of carbonyl (C=O) groups excluding carboxylic acids is 1. The van der Waals surface area contributed by atoms with Gasteiger partial charge in [0, 0.05) is 26.2 Å². The maximum Gasteiger partial charge on any atom is 0.407 e. The predicted molar refractivity (Wildman–Crippen MR) is 118 cm³/mol. The Morgan fingerprint density at radius 2 is 1.73 bits per heavy atom. The van der Waals surface area contributed by atoms with Gasteiger partial charge in [0.15, 0.2) is 5.96 Å². The van der Waals surface area contributed by atoms with Crippen LogP contribution in [0, 0.1) is 0 Å². The number of nitrogens with zero attached hydrogens (tertiary/aromatic N) is 1. The van der Waals surface area contributed by atoms with E-state index < -0.39 is 11.7 Å². The Bertz CT molecular complexity index is 530.